The molecule has 0 spiro atoms. The molecule has 0 rings (SSSR count). The van der Waals surface area contributed by atoms with Crippen molar-refractivity contribution in [3.63, 3.8) is 0 Å². The molecule has 0 aromatic carbocycles. The minimum absolute atomic E-state index is 0.0875. The highest BCUT2D eigenvalue weighted by Crippen LogP contribution is 2.33. The first-order valence-corrected chi connectivity index (χ1v) is 6.01. The quantitative estimate of drug-likeness (QED) is 0.655. The average Bonchev–Trinajstić information content (AvgIpc) is 2.15. The van der Waals surface area contributed by atoms with E-state index in [9.17, 15) is 4.79 Å². The standard InChI is InChI=1S/C13H27NO2/c1-10(2)11(3)13(4,5)12(15)16-9-8-14(6)7/h10-11H,8-9H2,1-7H3. The van der Waals surface area contributed by atoms with E-state index in [4.69, 9.17) is 4.74 Å². The average molecular weight is 229 g/mol. The van der Waals surface area contributed by atoms with Gasteiger partial charge in [0.1, 0.15) is 6.61 Å². The van der Waals surface area contributed by atoms with Crippen molar-refractivity contribution in [3.05, 3.63) is 0 Å². The van der Waals surface area contributed by atoms with Crippen LogP contribution in [0.1, 0.15) is 34.6 Å². The molecule has 0 saturated heterocycles. The van der Waals surface area contributed by atoms with Crippen molar-refractivity contribution in [2.24, 2.45) is 17.3 Å². The highest BCUT2D eigenvalue weighted by atomic mass is 16.5. The normalized spacial score (nSPS) is 14.3. The molecule has 1 atom stereocenters. The van der Waals surface area contributed by atoms with Crippen LogP contribution < -0.4 is 0 Å². The zero-order valence-corrected chi connectivity index (χ0v) is 11.8. The zero-order chi connectivity index (χ0) is 12.9. The first kappa shape index (κ1) is 15.4. The van der Waals surface area contributed by atoms with Gasteiger partial charge in [-0.25, -0.2) is 0 Å². The van der Waals surface area contributed by atoms with Crippen molar-refractivity contribution in [1.82, 2.24) is 4.90 Å². The van der Waals surface area contributed by atoms with E-state index in [1.807, 2.05) is 32.8 Å². The van der Waals surface area contributed by atoms with Crippen LogP contribution >= 0.6 is 0 Å². The van der Waals surface area contributed by atoms with Gasteiger partial charge in [0.15, 0.2) is 0 Å². The molecule has 0 aliphatic rings. The molecule has 16 heavy (non-hydrogen) atoms. The van der Waals surface area contributed by atoms with Gasteiger partial charge in [-0.3, -0.25) is 4.79 Å². The van der Waals surface area contributed by atoms with E-state index in [1.54, 1.807) is 0 Å². The largest absolute Gasteiger partial charge is 0.464 e. The number of rotatable bonds is 6. The van der Waals surface area contributed by atoms with Crippen LogP contribution in [-0.4, -0.2) is 38.1 Å². The molecule has 0 amide bonds. The maximum Gasteiger partial charge on any atom is 0.311 e. The van der Waals surface area contributed by atoms with Crippen LogP contribution in [0.5, 0.6) is 0 Å². The molecular formula is C13H27NO2. The lowest BCUT2D eigenvalue weighted by Gasteiger charge is -2.32. The Labute approximate surface area is 100 Å². The molecule has 0 heterocycles. The number of hydrogen-bond donors (Lipinski definition) is 0. The van der Waals surface area contributed by atoms with Crippen molar-refractivity contribution < 1.29 is 9.53 Å². The molecule has 0 aromatic heterocycles. The Bertz CT molecular complexity index is 222. The van der Waals surface area contributed by atoms with E-state index in [0.717, 1.165) is 6.54 Å². The summed E-state index contributed by atoms with van der Waals surface area (Å²) in [5.41, 5.74) is -0.402. The second-order valence-corrected chi connectivity index (χ2v) is 5.69. The van der Waals surface area contributed by atoms with Gasteiger partial charge in [-0.1, -0.05) is 20.8 Å². The smallest absolute Gasteiger partial charge is 0.311 e. The summed E-state index contributed by atoms with van der Waals surface area (Å²) in [7, 11) is 3.94. The van der Waals surface area contributed by atoms with E-state index in [2.05, 4.69) is 20.8 Å². The second kappa shape index (κ2) is 6.24. The molecule has 0 bridgehead atoms. The fourth-order valence-corrected chi connectivity index (χ4v) is 1.53. The molecule has 3 nitrogen and oxygen atoms in total. The fraction of sp³-hybridized carbons (Fsp3) is 0.923. The van der Waals surface area contributed by atoms with Gasteiger partial charge in [0, 0.05) is 6.54 Å². The summed E-state index contributed by atoms with van der Waals surface area (Å²) < 4.78 is 5.31. The van der Waals surface area contributed by atoms with Gasteiger partial charge in [-0.2, -0.15) is 0 Å². The van der Waals surface area contributed by atoms with E-state index >= 15 is 0 Å². The molecule has 0 aromatic rings. The van der Waals surface area contributed by atoms with Crippen molar-refractivity contribution in [3.8, 4) is 0 Å². The first-order valence-electron chi connectivity index (χ1n) is 6.01. The maximum absolute atomic E-state index is 12.0. The number of carbonyl (C=O) groups is 1. The molecule has 0 aliphatic heterocycles. The summed E-state index contributed by atoms with van der Waals surface area (Å²) in [6, 6.07) is 0. The second-order valence-electron chi connectivity index (χ2n) is 5.69. The predicted octanol–water partition coefficient (Wildman–Crippen LogP) is 2.41. The fourth-order valence-electron chi connectivity index (χ4n) is 1.53. The molecule has 0 N–H and O–H groups in total. The molecule has 1 unspecified atom stereocenters. The van der Waals surface area contributed by atoms with Gasteiger partial charge in [0.2, 0.25) is 0 Å². The van der Waals surface area contributed by atoms with Gasteiger partial charge >= 0.3 is 5.97 Å². The number of likely N-dealkylation sites (N-methyl/N-ethyl adjacent to an activating group) is 1. The van der Waals surface area contributed by atoms with Gasteiger partial charge in [-0.15, -0.1) is 0 Å². The predicted molar refractivity (Wildman–Crippen MR) is 67.3 cm³/mol. The third kappa shape index (κ3) is 4.52. The van der Waals surface area contributed by atoms with Crippen LogP contribution in [0.15, 0.2) is 0 Å². The lowest BCUT2D eigenvalue weighted by atomic mass is 9.74. The van der Waals surface area contributed by atoms with E-state index in [-0.39, 0.29) is 5.97 Å². The highest BCUT2D eigenvalue weighted by Gasteiger charge is 2.36. The molecule has 0 radical (unpaired) electrons. The number of esters is 1. The van der Waals surface area contributed by atoms with Gasteiger partial charge in [-0.05, 0) is 39.8 Å². The SMILES string of the molecule is CC(C)C(C)C(C)(C)C(=O)OCCN(C)C. The van der Waals surface area contributed by atoms with Gasteiger partial charge in [0.05, 0.1) is 5.41 Å². The van der Waals surface area contributed by atoms with Gasteiger partial charge in [0.25, 0.3) is 0 Å². The number of carbonyl (C=O) groups excluding carboxylic acids is 1. The first-order chi connectivity index (χ1) is 7.19. The highest BCUT2D eigenvalue weighted by molar-refractivity contribution is 5.76. The summed E-state index contributed by atoms with van der Waals surface area (Å²) in [6.45, 7) is 11.6. The topological polar surface area (TPSA) is 29.5 Å². The van der Waals surface area contributed by atoms with Crippen molar-refractivity contribution in [1.29, 1.82) is 0 Å². The van der Waals surface area contributed by atoms with Crippen LogP contribution in [0, 0.1) is 17.3 Å². The number of nitrogens with zero attached hydrogens (tertiary/aromatic N) is 1. The Balaban J connectivity index is 4.24. The van der Waals surface area contributed by atoms with Crippen LogP contribution in [0.2, 0.25) is 0 Å². The van der Waals surface area contributed by atoms with Crippen molar-refractivity contribution >= 4 is 5.97 Å². The summed E-state index contributed by atoms with van der Waals surface area (Å²) in [6.07, 6.45) is 0. The third-order valence-corrected chi connectivity index (χ3v) is 3.44. The van der Waals surface area contributed by atoms with E-state index in [0.29, 0.717) is 18.4 Å². The Morgan fingerprint density at radius 1 is 1.25 bits per heavy atom. The van der Waals surface area contributed by atoms with E-state index < -0.39 is 5.41 Å². The monoisotopic (exact) mass is 229 g/mol. The van der Waals surface area contributed by atoms with Crippen LogP contribution in [0.25, 0.3) is 0 Å². The Morgan fingerprint density at radius 2 is 1.75 bits per heavy atom. The minimum atomic E-state index is -0.402. The minimum Gasteiger partial charge on any atom is -0.464 e. The zero-order valence-electron chi connectivity index (χ0n) is 11.8. The molecule has 0 aliphatic carbocycles. The lowest BCUT2D eigenvalue weighted by Crippen LogP contribution is -2.36. The van der Waals surface area contributed by atoms with Crippen molar-refractivity contribution in [2.75, 3.05) is 27.2 Å². The summed E-state index contributed by atoms with van der Waals surface area (Å²) >= 11 is 0. The molecule has 0 fully saturated rings. The molecule has 0 saturated carbocycles. The Kier molecular flexibility index (Phi) is 6.01. The molecule has 3 heteroatoms. The van der Waals surface area contributed by atoms with Gasteiger partial charge < -0.3 is 9.64 Å². The van der Waals surface area contributed by atoms with Crippen LogP contribution in [0.4, 0.5) is 0 Å². The lowest BCUT2D eigenvalue weighted by molar-refractivity contribution is -0.158. The maximum atomic E-state index is 12.0. The molecular weight excluding hydrogens is 202 g/mol. The summed E-state index contributed by atoms with van der Waals surface area (Å²) in [4.78, 5) is 14.0. The number of hydrogen-bond acceptors (Lipinski definition) is 3. The summed E-state index contributed by atoms with van der Waals surface area (Å²) in [5.74, 6) is 0.714. The third-order valence-electron chi connectivity index (χ3n) is 3.44. The van der Waals surface area contributed by atoms with Crippen molar-refractivity contribution in [2.45, 2.75) is 34.6 Å². The van der Waals surface area contributed by atoms with E-state index in [1.165, 1.54) is 0 Å². The Morgan fingerprint density at radius 3 is 2.12 bits per heavy atom. The summed E-state index contributed by atoms with van der Waals surface area (Å²) in [5, 5.41) is 0. The van der Waals surface area contributed by atoms with Crippen LogP contribution in [-0.2, 0) is 9.53 Å². The Hall–Kier alpha value is -0.570. The number of ether oxygens (including phenoxy) is 1. The molecule has 96 valence electrons. The van der Waals surface area contributed by atoms with Crippen LogP contribution in [0.3, 0.4) is 0 Å².